The van der Waals surface area contributed by atoms with Gasteiger partial charge in [0.1, 0.15) is 5.82 Å². The molecule has 0 saturated heterocycles. The van der Waals surface area contributed by atoms with E-state index in [0.717, 1.165) is 35.5 Å². The highest BCUT2D eigenvalue weighted by Crippen LogP contribution is 2.57. The first kappa shape index (κ1) is 25.1. The van der Waals surface area contributed by atoms with E-state index in [1.54, 1.807) is 12.1 Å². The van der Waals surface area contributed by atoms with Crippen LogP contribution >= 0.6 is 0 Å². The molecule has 6 rings (SSSR count). The van der Waals surface area contributed by atoms with Gasteiger partial charge in [-0.1, -0.05) is 54.5 Å². The Morgan fingerprint density at radius 1 is 1.05 bits per heavy atom. The zero-order valence-corrected chi connectivity index (χ0v) is 21.4. The maximum atomic E-state index is 13.7. The molecule has 38 heavy (non-hydrogen) atoms. The van der Waals surface area contributed by atoms with Crippen molar-refractivity contribution in [1.82, 2.24) is 15.1 Å². The molecule has 7 heteroatoms. The highest BCUT2D eigenvalue weighted by molar-refractivity contribution is 5.65. The molecule has 198 valence electrons. The Hall–Kier alpha value is -3.19. The van der Waals surface area contributed by atoms with E-state index in [0.29, 0.717) is 19.5 Å². The maximum absolute atomic E-state index is 13.7. The third-order valence-corrected chi connectivity index (χ3v) is 8.69. The van der Waals surface area contributed by atoms with Crippen molar-refractivity contribution in [1.29, 1.82) is 0 Å². The van der Waals surface area contributed by atoms with Crippen molar-refractivity contribution in [3.05, 3.63) is 100 Å². The van der Waals surface area contributed by atoms with E-state index >= 15 is 0 Å². The van der Waals surface area contributed by atoms with Crippen molar-refractivity contribution >= 4 is 6.08 Å². The van der Waals surface area contributed by atoms with Gasteiger partial charge in [-0.25, -0.2) is 9.07 Å². The number of rotatable bonds is 5. The fraction of sp³-hybridized carbons (Fsp3) is 0.387. The molecule has 0 bridgehead atoms. The molecule has 1 saturated carbocycles. The van der Waals surface area contributed by atoms with Crippen LogP contribution in [0.4, 0.5) is 17.6 Å². The first-order valence-corrected chi connectivity index (χ1v) is 13.3. The molecule has 1 N–H and O–H groups in total. The van der Waals surface area contributed by atoms with Gasteiger partial charge in [0.2, 0.25) is 0 Å². The van der Waals surface area contributed by atoms with Crippen molar-refractivity contribution in [3.63, 3.8) is 0 Å². The molecule has 3 nitrogen and oxygen atoms in total. The smallest absolute Gasteiger partial charge is 0.307 e. The zero-order valence-electron chi connectivity index (χ0n) is 21.4. The fourth-order valence-electron chi connectivity index (χ4n) is 6.67. The summed E-state index contributed by atoms with van der Waals surface area (Å²) in [7, 11) is 0. The average molecular weight is 522 g/mol. The molecule has 3 aliphatic rings. The first-order valence-electron chi connectivity index (χ1n) is 13.3. The lowest BCUT2D eigenvalue weighted by Crippen LogP contribution is -2.40. The number of allylic oxidation sites excluding steroid dienone is 3. The van der Waals surface area contributed by atoms with Crippen molar-refractivity contribution < 1.29 is 17.6 Å². The highest BCUT2D eigenvalue weighted by Gasteiger charge is 2.49. The summed E-state index contributed by atoms with van der Waals surface area (Å²) >= 11 is 0. The van der Waals surface area contributed by atoms with Crippen LogP contribution in [-0.4, -0.2) is 16.0 Å². The molecule has 0 radical (unpaired) electrons. The van der Waals surface area contributed by atoms with Crippen molar-refractivity contribution in [2.75, 3.05) is 0 Å². The van der Waals surface area contributed by atoms with Gasteiger partial charge in [0.05, 0.1) is 23.0 Å². The third kappa shape index (κ3) is 4.51. The minimum atomic E-state index is -4.15. The fourth-order valence-corrected chi connectivity index (χ4v) is 6.67. The first-order chi connectivity index (χ1) is 18.2. The molecule has 2 aromatic carbocycles. The van der Waals surface area contributed by atoms with E-state index in [2.05, 4.69) is 30.4 Å². The normalized spacial score (nSPS) is 24.7. The molecular formula is C31H31F4N3. The number of nitrogens with zero attached hydrogens (tertiary/aromatic N) is 2. The number of fused-ring (bicyclic) bond motifs is 4. The van der Waals surface area contributed by atoms with Crippen molar-refractivity contribution in [3.8, 4) is 5.69 Å². The van der Waals surface area contributed by atoms with Gasteiger partial charge in [-0.2, -0.15) is 18.3 Å². The Labute approximate surface area is 220 Å². The minimum Gasteiger partial charge on any atom is -0.307 e. The molecule has 0 amide bonds. The second-order valence-electron chi connectivity index (χ2n) is 11.1. The van der Waals surface area contributed by atoms with E-state index in [4.69, 9.17) is 5.10 Å². The molecule has 1 aromatic heterocycles. The van der Waals surface area contributed by atoms with E-state index in [9.17, 15) is 17.6 Å². The van der Waals surface area contributed by atoms with Crippen molar-refractivity contribution in [2.45, 2.75) is 58.3 Å². The topological polar surface area (TPSA) is 29.9 Å². The highest BCUT2D eigenvalue weighted by atomic mass is 19.4. The second kappa shape index (κ2) is 9.53. The summed E-state index contributed by atoms with van der Waals surface area (Å²) in [4.78, 5) is 0. The molecule has 3 aliphatic carbocycles. The lowest BCUT2D eigenvalue weighted by Gasteiger charge is -2.48. The Balaban J connectivity index is 1.36. The van der Waals surface area contributed by atoms with Gasteiger partial charge in [-0.05, 0) is 73.9 Å². The molecular weight excluding hydrogens is 490 g/mol. The third-order valence-electron chi connectivity index (χ3n) is 8.69. The Bertz CT molecular complexity index is 1380. The van der Waals surface area contributed by atoms with Gasteiger partial charge < -0.3 is 5.32 Å². The molecule has 0 spiro atoms. The van der Waals surface area contributed by atoms with Crippen LogP contribution in [0.3, 0.4) is 0 Å². The van der Waals surface area contributed by atoms with Crippen LogP contribution in [0.15, 0.2) is 71.8 Å². The number of hydrogen-bond donors (Lipinski definition) is 1. The number of nitrogens with one attached hydrogen (secondary N) is 1. The zero-order chi connectivity index (χ0) is 26.5. The van der Waals surface area contributed by atoms with Crippen LogP contribution in [0.25, 0.3) is 11.8 Å². The van der Waals surface area contributed by atoms with Gasteiger partial charge >= 0.3 is 6.18 Å². The van der Waals surface area contributed by atoms with Crippen LogP contribution in [0, 0.1) is 23.1 Å². The molecule has 0 aliphatic heterocycles. The van der Waals surface area contributed by atoms with Crippen LogP contribution in [0.5, 0.6) is 0 Å². The molecule has 3 aromatic rings. The van der Waals surface area contributed by atoms with E-state index in [1.165, 1.54) is 28.8 Å². The van der Waals surface area contributed by atoms with Crippen LogP contribution < -0.4 is 5.32 Å². The van der Waals surface area contributed by atoms with E-state index in [1.807, 2.05) is 29.0 Å². The number of aromatic nitrogens is 2. The molecule has 3 atom stereocenters. The average Bonchev–Trinajstić information content (AvgIpc) is 3.24. The Kier molecular flexibility index (Phi) is 6.29. The Morgan fingerprint density at radius 2 is 1.82 bits per heavy atom. The predicted molar refractivity (Wildman–Crippen MR) is 140 cm³/mol. The van der Waals surface area contributed by atoms with Crippen LogP contribution in [0.1, 0.15) is 55.1 Å². The maximum Gasteiger partial charge on any atom is 0.392 e. The standard InChI is InChI=1S/C31H31F4N3/c1-30-17-26-28(19-36-18-20-5-3-2-4-6-20)37-38(25-12-10-24(32)11-13-25)29(26)16-22(30)8-7-21-15-23(31(33,34)35)9-14-27(21)30/h2-6,10-14,16,21,23,36H,7-9,15,17-19H2,1H3/t21-,23-,30+/m1/s1. The quantitative estimate of drug-likeness (QED) is 0.277. The number of benzene rings is 2. The van der Waals surface area contributed by atoms with Gasteiger partial charge in [0.15, 0.2) is 0 Å². The molecule has 0 unspecified atom stereocenters. The molecule has 1 heterocycles. The summed E-state index contributed by atoms with van der Waals surface area (Å²) in [6, 6.07) is 16.5. The SMILES string of the molecule is C[C@]12Cc3c(CNCc4ccccc4)nn(-c4ccc(F)cc4)c3C=C1CC[C@@H]1C[C@H](C(F)(F)F)CC=C12. The minimum absolute atomic E-state index is 0.0362. The monoisotopic (exact) mass is 521 g/mol. The lowest BCUT2D eigenvalue weighted by molar-refractivity contribution is -0.179. The van der Waals surface area contributed by atoms with Gasteiger partial charge in [-0.3, -0.25) is 0 Å². The molecule has 1 fully saturated rings. The van der Waals surface area contributed by atoms with Gasteiger partial charge in [-0.15, -0.1) is 0 Å². The lowest BCUT2D eigenvalue weighted by atomic mass is 9.56. The summed E-state index contributed by atoms with van der Waals surface area (Å²) in [5.74, 6) is -1.58. The summed E-state index contributed by atoms with van der Waals surface area (Å²) in [6.07, 6.45) is 2.41. The van der Waals surface area contributed by atoms with Crippen molar-refractivity contribution in [2.24, 2.45) is 17.3 Å². The van der Waals surface area contributed by atoms with E-state index in [-0.39, 0.29) is 30.0 Å². The summed E-state index contributed by atoms with van der Waals surface area (Å²) in [5.41, 5.74) is 7.10. The Morgan fingerprint density at radius 3 is 2.55 bits per heavy atom. The van der Waals surface area contributed by atoms with Crippen LogP contribution in [-0.2, 0) is 19.5 Å². The van der Waals surface area contributed by atoms with Crippen LogP contribution in [0.2, 0.25) is 0 Å². The predicted octanol–water partition coefficient (Wildman–Crippen LogP) is 7.56. The van der Waals surface area contributed by atoms with E-state index < -0.39 is 12.1 Å². The summed E-state index contributed by atoms with van der Waals surface area (Å²) < 4.78 is 56.1. The number of alkyl halides is 3. The second-order valence-corrected chi connectivity index (χ2v) is 11.1. The number of halogens is 4. The number of hydrogen-bond acceptors (Lipinski definition) is 2. The summed E-state index contributed by atoms with van der Waals surface area (Å²) in [5, 5.41) is 8.49. The van der Waals surface area contributed by atoms with Gasteiger partial charge in [0, 0.05) is 24.1 Å². The summed E-state index contributed by atoms with van der Waals surface area (Å²) in [6.45, 7) is 3.46. The largest absolute Gasteiger partial charge is 0.392 e. The van der Waals surface area contributed by atoms with Gasteiger partial charge in [0.25, 0.3) is 0 Å².